The predicted molar refractivity (Wildman–Crippen MR) is 109 cm³/mol. The lowest BCUT2D eigenvalue weighted by Crippen LogP contribution is -2.54. The summed E-state index contributed by atoms with van der Waals surface area (Å²) in [5.41, 5.74) is 0.930. The van der Waals surface area contributed by atoms with Crippen LogP contribution < -0.4 is 24.4 Å². The summed E-state index contributed by atoms with van der Waals surface area (Å²) in [6.45, 7) is 0. The molecule has 1 saturated heterocycles. The molecule has 0 radical (unpaired) electrons. The first kappa shape index (κ1) is 19.4. The summed E-state index contributed by atoms with van der Waals surface area (Å²) in [5.74, 6) is 0.329. The zero-order valence-electron chi connectivity index (χ0n) is 15.5. The highest BCUT2D eigenvalue weighted by molar-refractivity contribution is 7.80. The van der Waals surface area contributed by atoms with Gasteiger partial charge in [0.1, 0.15) is 11.3 Å². The molecule has 0 atom stereocenters. The van der Waals surface area contributed by atoms with Crippen molar-refractivity contribution < 1.29 is 23.8 Å². The smallest absolute Gasteiger partial charge is 0.270 e. The number of hydrogen-bond donors (Lipinski definition) is 1. The number of hydrogen-bond acceptors (Lipinski definition) is 6. The number of carbonyl (C=O) groups excluding carboxylic acids is 2. The highest BCUT2D eigenvalue weighted by Gasteiger charge is 2.35. The maximum atomic E-state index is 13.1. The van der Waals surface area contributed by atoms with Gasteiger partial charge < -0.3 is 14.2 Å². The van der Waals surface area contributed by atoms with Crippen LogP contribution in [0, 0.1) is 0 Å². The van der Waals surface area contributed by atoms with Crippen LogP contribution in [-0.2, 0) is 9.59 Å². The van der Waals surface area contributed by atoms with Crippen molar-refractivity contribution in [3.63, 3.8) is 0 Å². The molecule has 28 heavy (non-hydrogen) atoms. The van der Waals surface area contributed by atoms with E-state index in [1.165, 1.54) is 32.3 Å². The molecule has 2 aromatic rings. The van der Waals surface area contributed by atoms with Gasteiger partial charge in [-0.15, -0.1) is 0 Å². The SMILES string of the molecule is COc1cccc(N2C(=O)/C(=C/c3cccc(OC)c3OC)C(=O)NC2=S)c1. The first-order chi connectivity index (χ1) is 13.5. The fourth-order valence-corrected chi connectivity index (χ4v) is 3.10. The molecular weight excluding hydrogens is 380 g/mol. The maximum Gasteiger partial charge on any atom is 0.270 e. The molecule has 2 amide bonds. The van der Waals surface area contributed by atoms with Crippen molar-refractivity contribution in [1.29, 1.82) is 0 Å². The van der Waals surface area contributed by atoms with Crippen molar-refractivity contribution in [2.45, 2.75) is 0 Å². The summed E-state index contributed by atoms with van der Waals surface area (Å²) in [6, 6.07) is 12.0. The topological polar surface area (TPSA) is 77.1 Å². The molecule has 2 aromatic carbocycles. The molecular formula is C20H18N2O5S. The standard InChI is InChI=1S/C20H18N2O5S/c1-25-14-8-5-7-13(11-14)22-19(24)15(18(23)21-20(22)28)10-12-6-4-9-16(26-2)17(12)27-3/h4-11H,1-3H3,(H,21,23,28)/b15-10+. The molecule has 0 spiro atoms. The van der Waals surface area contributed by atoms with Gasteiger partial charge in [0.25, 0.3) is 11.8 Å². The lowest BCUT2D eigenvalue weighted by Gasteiger charge is -2.29. The Balaban J connectivity index is 2.07. The number of anilines is 1. The minimum atomic E-state index is -0.584. The normalized spacial score (nSPS) is 15.5. The van der Waals surface area contributed by atoms with Gasteiger partial charge in [-0.25, -0.2) is 0 Å². The third-order valence-electron chi connectivity index (χ3n) is 4.15. The molecule has 1 aliphatic heterocycles. The van der Waals surface area contributed by atoms with Crippen molar-refractivity contribution in [2.75, 3.05) is 26.2 Å². The van der Waals surface area contributed by atoms with Crippen LogP contribution in [0.15, 0.2) is 48.0 Å². The molecule has 0 aromatic heterocycles. The average molecular weight is 398 g/mol. The molecule has 0 unspecified atom stereocenters. The zero-order valence-corrected chi connectivity index (χ0v) is 16.3. The van der Waals surface area contributed by atoms with Gasteiger partial charge in [-0.2, -0.15) is 0 Å². The second-order valence-corrected chi connectivity index (χ2v) is 6.13. The van der Waals surface area contributed by atoms with Crippen LogP contribution in [0.25, 0.3) is 6.08 Å². The Morgan fingerprint density at radius 1 is 1.00 bits per heavy atom. The number of thiocarbonyl (C=S) groups is 1. The van der Waals surface area contributed by atoms with Gasteiger partial charge in [-0.05, 0) is 36.5 Å². The Hall–Kier alpha value is -3.39. The largest absolute Gasteiger partial charge is 0.497 e. The molecule has 1 fully saturated rings. The summed E-state index contributed by atoms with van der Waals surface area (Å²) in [4.78, 5) is 26.8. The molecule has 0 bridgehead atoms. The Kier molecular flexibility index (Phi) is 5.60. The molecule has 1 heterocycles. The molecule has 1 N–H and O–H groups in total. The van der Waals surface area contributed by atoms with Crippen molar-refractivity contribution >= 4 is 40.9 Å². The van der Waals surface area contributed by atoms with E-state index in [0.717, 1.165) is 0 Å². The summed E-state index contributed by atoms with van der Waals surface area (Å²) >= 11 is 5.21. The van der Waals surface area contributed by atoms with Gasteiger partial charge in [0.15, 0.2) is 16.6 Å². The number of rotatable bonds is 5. The molecule has 8 heteroatoms. The van der Waals surface area contributed by atoms with Gasteiger partial charge in [0, 0.05) is 11.6 Å². The van der Waals surface area contributed by atoms with Gasteiger partial charge in [0.2, 0.25) is 0 Å². The van der Waals surface area contributed by atoms with Crippen molar-refractivity contribution in [2.24, 2.45) is 0 Å². The second kappa shape index (κ2) is 8.10. The molecule has 0 aliphatic carbocycles. The summed E-state index contributed by atoms with van der Waals surface area (Å²) < 4.78 is 15.8. The average Bonchev–Trinajstić information content (AvgIpc) is 2.70. The second-order valence-electron chi connectivity index (χ2n) is 5.74. The van der Waals surface area contributed by atoms with Gasteiger partial charge in [-0.3, -0.25) is 19.8 Å². The fraction of sp³-hybridized carbons (Fsp3) is 0.150. The van der Waals surface area contributed by atoms with Crippen molar-refractivity contribution in [3.8, 4) is 17.2 Å². The fourth-order valence-electron chi connectivity index (χ4n) is 2.82. The quantitative estimate of drug-likeness (QED) is 0.474. The molecule has 3 rings (SSSR count). The lowest BCUT2D eigenvalue weighted by molar-refractivity contribution is -0.122. The van der Waals surface area contributed by atoms with Crippen LogP contribution in [0.5, 0.6) is 17.2 Å². The Morgan fingerprint density at radius 2 is 1.75 bits per heavy atom. The van der Waals surface area contributed by atoms with Crippen LogP contribution in [0.2, 0.25) is 0 Å². The number of ether oxygens (including phenoxy) is 3. The Morgan fingerprint density at radius 3 is 2.43 bits per heavy atom. The van der Waals surface area contributed by atoms with Crippen LogP contribution in [0.1, 0.15) is 5.56 Å². The highest BCUT2D eigenvalue weighted by atomic mass is 32.1. The van der Waals surface area contributed by atoms with E-state index in [-0.39, 0.29) is 10.7 Å². The Bertz CT molecular complexity index is 986. The van der Waals surface area contributed by atoms with E-state index in [2.05, 4.69) is 5.32 Å². The minimum absolute atomic E-state index is 0.00184. The van der Waals surface area contributed by atoms with E-state index < -0.39 is 11.8 Å². The molecule has 0 saturated carbocycles. The van der Waals surface area contributed by atoms with E-state index in [4.69, 9.17) is 26.4 Å². The van der Waals surface area contributed by atoms with E-state index >= 15 is 0 Å². The summed E-state index contributed by atoms with van der Waals surface area (Å²) in [5, 5.41) is 2.55. The van der Waals surface area contributed by atoms with Crippen LogP contribution in [-0.4, -0.2) is 38.3 Å². The first-order valence-electron chi connectivity index (χ1n) is 8.26. The predicted octanol–water partition coefficient (Wildman–Crippen LogP) is 2.54. The number of para-hydroxylation sites is 1. The van der Waals surface area contributed by atoms with Crippen LogP contribution >= 0.6 is 12.2 Å². The van der Waals surface area contributed by atoms with Gasteiger partial charge >= 0.3 is 0 Å². The Labute approximate surface area is 167 Å². The number of amides is 2. The summed E-state index contributed by atoms with van der Waals surface area (Å²) in [6.07, 6.45) is 1.45. The maximum absolute atomic E-state index is 13.1. The highest BCUT2D eigenvalue weighted by Crippen LogP contribution is 2.33. The van der Waals surface area contributed by atoms with E-state index in [0.29, 0.717) is 28.5 Å². The third kappa shape index (κ3) is 3.54. The van der Waals surface area contributed by atoms with Crippen molar-refractivity contribution in [3.05, 3.63) is 53.6 Å². The van der Waals surface area contributed by atoms with Crippen LogP contribution in [0.4, 0.5) is 5.69 Å². The number of methoxy groups -OCH3 is 3. The van der Waals surface area contributed by atoms with E-state index in [9.17, 15) is 9.59 Å². The monoisotopic (exact) mass is 398 g/mol. The third-order valence-corrected chi connectivity index (χ3v) is 4.43. The lowest BCUT2D eigenvalue weighted by atomic mass is 10.1. The molecule has 1 aliphatic rings. The van der Waals surface area contributed by atoms with Crippen LogP contribution in [0.3, 0.4) is 0 Å². The number of carbonyl (C=O) groups is 2. The first-order valence-corrected chi connectivity index (χ1v) is 8.67. The van der Waals surface area contributed by atoms with Crippen molar-refractivity contribution in [1.82, 2.24) is 5.32 Å². The van der Waals surface area contributed by atoms with E-state index in [1.807, 2.05) is 0 Å². The zero-order chi connectivity index (χ0) is 20.3. The molecule has 144 valence electrons. The van der Waals surface area contributed by atoms with Gasteiger partial charge in [-0.1, -0.05) is 18.2 Å². The number of nitrogens with zero attached hydrogens (tertiary/aromatic N) is 1. The number of benzene rings is 2. The summed E-state index contributed by atoms with van der Waals surface area (Å²) in [7, 11) is 4.52. The van der Waals surface area contributed by atoms with Gasteiger partial charge in [0.05, 0.1) is 27.0 Å². The van der Waals surface area contributed by atoms with E-state index in [1.54, 1.807) is 42.5 Å². The minimum Gasteiger partial charge on any atom is -0.497 e. The molecule has 7 nitrogen and oxygen atoms in total. The number of nitrogens with one attached hydrogen (secondary N) is 1.